The summed E-state index contributed by atoms with van der Waals surface area (Å²) in [7, 11) is 3.08. The molecule has 1 amide bonds. The molecule has 1 unspecified atom stereocenters. The van der Waals surface area contributed by atoms with E-state index in [1.165, 1.54) is 7.11 Å². The summed E-state index contributed by atoms with van der Waals surface area (Å²) >= 11 is 6.17. The Bertz CT molecular complexity index is 1600. The molecular formula is C27H20ClNO7. The van der Waals surface area contributed by atoms with Gasteiger partial charge in [0.25, 0.3) is 5.91 Å². The minimum absolute atomic E-state index is 0.00958. The summed E-state index contributed by atoms with van der Waals surface area (Å²) in [5.41, 5.74) is 1.73. The summed E-state index contributed by atoms with van der Waals surface area (Å²) < 4.78 is 27.8. The fourth-order valence-corrected chi connectivity index (χ4v) is 4.93. The third-order valence-corrected chi connectivity index (χ3v) is 6.68. The van der Waals surface area contributed by atoms with Crippen LogP contribution in [-0.4, -0.2) is 31.8 Å². The smallest absolute Gasteiger partial charge is 0.291 e. The van der Waals surface area contributed by atoms with Crippen LogP contribution >= 0.6 is 11.6 Å². The van der Waals surface area contributed by atoms with Crippen molar-refractivity contribution in [2.75, 3.05) is 21.0 Å². The number of rotatable bonds is 5. The van der Waals surface area contributed by atoms with Gasteiger partial charge in [-0.15, -0.1) is 0 Å². The van der Waals surface area contributed by atoms with E-state index in [1.54, 1.807) is 48.4 Å². The number of halogens is 1. The number of hydrogen-bond donors (Lipinski definition) is 0. The van der Waals surface area contributed by atoms with Crippen molar-refractivity contribution in [3.63, 3.8) is 0 Å². The first-order valence-electron chi connectivity index (χ1n) is 11.2. The first-order valence-corrected chi connectivity index (χ1v) is 11.5. The topological polar surface area (TPSA) is 87.4 Å². The molecule has 3 heterocycles. The highest BCUT2D eigenvalue weighted by atomic mass is 35.5. The average molecular weight is 506 g/mol. The molecule has 0 radical (unpaired) electrons. The lowest BCUT2D eigenvalue weighted by molar-refractivity contribution is 0.0714. The lowest BCUT2D eigenvalue weighted by Gasteiger charge is -2.26. The zero-order chi connectivity index (χ0) is 25.0. The van der Waals surface area contributed by atoms with E-state index in [0.717, 1.165) is 5.56 Å². The van der Waals surface area contributed by atoms with Gasteiger partial charge in [-0.05, 0) is 53.6 Å². The number of nitrogens with zero attached hydrogens (tertiary/aromatic N) is 1. The molecule has 0 aliphatic carbocycles. The normalized spacial score (nSPS) is 15.9. The van der Waals surface area contributed by atoms with E-state index in [-0.39, 0.29) is 30.1 Å². The predicted molar refractivity (Wildman–Crippen MR) is 131 cm³/mol. The molecule has 0 fully saturated rings. The van der Waals surface area contributed by atoms with Crippen molar-refractivity contribution in [1.82, 2.24) is 4.90 Å². The van der Waals surface area contributed by atoms with Crippen LogP contribution in [0.2, 0.25) is 5.02 Å². The Morgan fingerprint density at radius 1 is 0.944 bits per heavy atom. The Morgan fingerprint density at radius 2 is 1.75 bits per heavy atom. The van der Waals surface area contributed by atoms with Gasteiger partial charge in [0, 0.05) is 11.6 Å². The molecule has 0 saturated carbocycles. The second-order valence-corrected chi connectivity index (χ2v) is 8.89. The van der Waals surface area contributed by atoms with Gasteiger partial charge in [0.05, 0.1) is 31.2 Å². The fourth-order valence-electron chi connectivity index (χ4n) is 4.76. The van der Waals surface area contributed by atoms with Gasteiger partial charge in [-0.2, -0.15) is 0 Å². The largest absolute Gasteiger partial charge is 0.493 e. The predicted octanol–water partition coefficient (Wildman–Crippen LogP) is 4.94. The number of methoxy groups -OCH3 is 2. The van der Waals surface area contributed by atoms with Crippen molar-refractivity contribution in [2.24, 2.45) is 0 Å². The number of fused-ring (bicyclic) bond motifs is 3. The van der Waals surface area contributed by atoms with Crippen molar-refractivity contribution in [3.05, 3.63) is 92.3 Å². The molecule has 8 nitrogen and oxygen atoms in total. The van der Waals surface area contributed by atoms with Crippen molar-refractivity contribution in [3.8, 4) is 23.0 Å². The van der Waals surface area contributed by atoms with Crippen molar-refractivity contribution >= 4 is 28.5 Å². The van der Waals surface area contributed by atoms with Crippen LogP contribution < -0.4 is 24.4 Å². The summed E-state index contributed by atoms with van der Waals surface area (Å²) in [5.74, 6) is 1.88. The number of ether oxygens (including phenoxy) is 4. The van der Waals surface area contributed by atoms with Crippen LogP contribution in [-0.2, 0) is 6.54 Å². The first kappa shape index (κ1) is 22.3. The molecule has 3 aromatic carbocycles. The standard InChI is InChI=1S/C27H20ClNO7/c1-32-19-7-4-15(10-21(19)33-2)24-23-25(30)17-11-16(28)5-8-18(17)36-26(23)27(31)29(24)12-14-3-6-20-22(9-14)35-13-34-20/h3-11,24H,12-13H2,1-2H3. The highest BCUT2D eigenvalue weighted by molar-refractivity contribution is 6.31. The molecule has 0 bridgehead atoms. The molecule has 2 aliphatic rings. The zero-order valence-electron chi connectivity index (χ0n) is 19.4. The maximum Gasteiger partial charge on any atom is 0.291 e. The summed E-state index contributed by atoms with van der Waals surface area (Å²) in [5, 5.41) is 0.711. The molecule has 182 valence electrons. The van der Waals surface area contributed by atoms with Gasteiger partial charge in [-0.25, -0.2) is 0 Å². The number of carbonyl (C=O) groups is 1. The highest BCUT2D eigenvalue weighted by Gasteiger charge is 2.43. The van der Waals surface area contributed by atoms with Crippen LogP contribution in [0.1, 0.15) is 33.3 Å². The quantitative estimate of drug-likeness (QED) is 0.379. The van der Waals surface area contributed by atoms with E-state index in [1.807, 2.05) is 18.2 Å². The second-order valence-electron chi connectivity index (χ2n) is 8.45. The van der Waals surface area contributed by atoms with Crippen LogP contribution in [0.4, 0.5) is 0 Å². The fraction of sp³-hybridized carbons (Fsp3) is 0.185. The number of benzene rings is 3. The Hall–Kier alpha value is -4.17. The summed E-state index contributed by atoms with van der Waals surface area (Å²) in [4.78, 5) is 29.1. The SMILES string of the molecule is COc1ccc(C2c3c(oc4ccc(Cl)cc4c3=O)C(=O)N2Cc2ccc3c(c2)OCO3)cc1OC. The lowest BCUT2D eigenvalue weighted by atomic mass is 9.97. The summed E-state index contributed by atoms with van der Waals surface area (Å²) in [6.07, 6.45) is 0. The van der Waals surface area contributed by atoms with E-state index in [0.29, 0.717) is 44.6 Å². The maximum atomic E-state index is 13.7. The Labute approximate surface area is 210 Å². The molecule has 0 N–H and O–H groups in total. The third-order valence-electron chi connectivity index (χ3n) is 6.44. The lowest BCUT2D eigenvalue weighted by Crippen LogP contribution is -2.29. The van der Waals surface area contributed by atoms with Crippen LogP contribution in [0.3, 0.4) is 0 Å². The van der Waals surface area contributed by atoms with Crippen molar-refractivity contribution in [1.29, 1.82) is 0 Å². The first-order chi connectivity index (χ1) is 17.5. The van der Waals surface area contributed by atoms with E-state index in [2.05, 4.69) is 0 Å². The number of amides is 1. The molecule has 1 aromatic heterocycles. The van der Waals surface area contributed by atoms with Gasteiger partial charge in [-0.3, -0.25) is 9.59 Å². The molecule has 1 atom stereocenters. The molecule has 0 spiro atoms. The number of carbonyl (C=O) groups excluding carboxylic acids is 1. The minimum atomic E-state index is -0.725. The van der Waals surface area contributed by atoms with E-state index in [4.69, 9.17) is 35.0 Å². The molecular weight excluding hydrogens is 486 g/mol. The summed E-state index contributed by atoms with van der Waals surface area (Å²) in [6, 6.07) is 14.9. The van der Waals surface area contributed by atoms with Gasteiger partial charge < -0.3 is 28.3 Å². The van der Waals surface area contributed by atoms with Crippen molar-refractivity contribution < 1.29 is 28.2 Å². The van der Waals surface area contributed by atoms with Gasteiger partial charge in [0.15, 0.2) is 28.4 Å². The highest BCUT2D eigenvalue weighted by Crippen LogP contribution is 2.42. The van der Waals surface area contributed by atoms with Gasteiger partial charge >= 0.3 is 0 Å². The molecule has 2 aliphatic heterocycles. The minimum Gasteiger partial charge on any atom is -0.493 e. The second kappa shape index (κ2) is 8.49. The van der Waals surface area contributed by atoms with E-state index in [9.17, 15) is 9.59 Å². The van der Waals surface area contributed by atoms with Gasteiger partial charge in [0.2, 0.25) is 12.6 Å². The molecule has 0 saturated heterocycles. The Balaban J connectivity index is 1.53. The van der Waals surface area contributed by atoms with Gasteiger partial charge in [-0.1, -0.05) is 23.7 Å². The molecule has 4 aromatic rings. The average Bonchev–Trinajstić information content (AvgIpc) is 3.47. The maximum absolute atomic E-state index is 13.7. The third kappa shape index (κ3) is 3.45. The molecule has 9 heteroatoms. The number of hydrogen-bond acceptors (Lipinski definition) is 7. The van der Waals surface area contributed by atoms with Crippen LogP contribution in [0.15, 0.2) is 63.8 Å². The van der Waals surface area contributed by atoms with E-state index >= 15 is 0 Å². The van der Waals surface area contributed by atoms with Crippen LogP contribution in [0.25, 0.3) is 11.0 Å². The zero-order valence-corrected chi connectivity index (χ0v) is 20.1. The van der Waals surface area contributed by atoms with Gasteiger partial charge in [0.1, 0.15) is 5.58 Å². The summed E-state index contributed by atoms with van der Waals surface area (Å²) in [6.45, 7) is 0.351. The van der Waals surface area contributed by atoms with Crippen LogP contribution in [0, 0.1) is 0 Å². The van der Waals surface area contributed by atoms with E-state index < -0.39 is 11.9 Å². The molecule has 36 heavy (non-hydrogen) atoms. The monoisotopic (exact) mass is 505 g/mol. The van der Waals surface area contributed by atoms with Crippen LogP contribution in [0.5, 0.6) is 23.0 Å². The Kier molecular flexibility index (Phi) is 5.26. The molecule has 6 rings (SSSR count). The van der Waals surface area contributed by atoms with Crippen molar-refractivity contribution in [2.45, 2.75) is 12.6 Å². The Morgan fingerprint density at radius 3 is 2.56 bits per heavy atom.